The van der Waals surface area contributed by atoms with E-state index in [4.69, 9.17) is 14.7 Å². The molecule has 1 aromatic carbocycles. The Morgan fingerprint density at radius 3 is 2.54 bits per heavy atom. The van der Waals surface area contributed by atoms with Crippen LogP contribution in [0.4, 0.5) is 0 Å². The Hall–Kier alpha value is -2.30. The van der Waals surface area contributed by atoms with Gasteiger partial charge in [-0.05, 0) is 62.1 Å². The number of nitriles is 1. The van der Waals surface area contributed by atoms with Crippen LogP contribution in [-0.4, -0.2) is 48.4 Å². The number of carbonyl (C=O) groups is 1. The van der Waals surface area contributed by atoms with E-state index in [2.05, 4.69) is 11.0 Å². The van der Waals surface area contributed by atoms with Gasteiger partial charge in [-0.25, -0.2) is 5.48 Å². The number of hydrogen-bond acceptors (Lipinski definition) is 6. The second-order valence-corrected chi connectivity index (χ2v) is 8.27. The summed E-state index contributed by atoms with van der Waals surface area (Å²) in [4.78, 5) is 14.2. The number of nitrogens with one attached hydrogen (secondary N) is 1. The molecule has 1 heterocycles. The average Bonchev–Trinajstić information content (AvgIpc) is 3.66. The zero-order valence-corrected chi connectivity index (χ0v) is 16.2. The number of hydrogen-bond donors (Lipinski definition) is 2. The van der Waals surface area contributed by atoms with Crippen molar-refractivity contribution in [1.29, 1.82) is 5.26 Å². The van der Waals surface area contributed by atoms with Gasteiger partial charge in [-0.1, -0.05) is 6.07 Å². The molecular weight excluding hydrogens is 358 g/mol. The van der Waals surface area contributed by atoms with Crippen LogP contribution in [0.2, 0.25) is 0 Å². The molecule has 7 nitrogen and oxygen atoms in total. The van der Waals surface area contributed by atoms with Gasteiger partial charge in [0, 0.05) is 13.1 Å². The molecule has 1 amide bonds. The molecule has 28 heavy (non-hydrogen) atoms. The minimum absolute atomic E-state index is 0.336. The van der Waals surface area contributed by atoms with Crippen LogP contribution in [0.5, 0.6) is 11.5 Å². The third kappa shape index (κ3) is 3.31. The molecule has 1 aliphatic heterocycles. The lowest BCUT2D eigenvalue weighted by Crippen LogP contribution is -2.53. The number of methoxy groups -OCH3 is 1. The Labute approximate surface area is 165 Å². The van der Waals surface area contributed by atoms with E-state index in [-0.39, 0.29) is 5.91 Å². The van der Waals surface area contributed by atoms with Crippen molar-refractivity contribution < 1.29 is 19.5 Å². The number of carbonyl (C=O) groups excluding carboxylic acids is 1. The van der Waals surface area contributed by atoms with Gasteiger partial charge in [0.1, 0.15) is 5.54 Å². The molecule has 1 aromatic rings. The van der Waals surface area contributed by atoms with Crippen molar-refractivity contribution in [2.75, 3.05) is 26.8 Å². The van der Waals surface area contributed by atoms with Crippen molar-refractivity contribution in [3.8, 4) is 17.6 Å². The molecule has 0 spiro atoms. The lowest BCUT2D eigenvalue weighted by Gasteiger charge is -2.41. The van der Waals surface area contributed by atoms with Crippen molar-refractivity contribution in [1.82, 2.24) is 10.4 Å². The van der Waals surface area contributed by atoms with Gasteiger partial charge in [-0.2, -0.15) is 5.26 Å². The zero-order chi connectivity index (χ0) is 19.8. The fourth-order valence-electron chi connectivity index (χ4n) is 4.27. The van der Waals surface area contributed by atoms with Crippen molar-refractivity contribution in [3.63, 3.8) is 0 Å². The van der Waals surface area contributed by atoms with Crippen LogP contribution in [-0.2, 0) is 10.2 Å². The molecular formula is C21H27N3O4. The van der Waals surface area contributed by atoms with Gasteiger partial charge in [-0.3, -0.25) is 14.9 Å². The number of hydroxylamine groups is 1. The van der Waals surface area contributed by atoms with Crippen molar-refractivity contribution in [3.05, 3.63) is 23.8 Å². The van der Waals surface area contributed by atoms with Crippen LogP contribution < -0.4 is 15.0 Å². The maximum absolute atomic E-state index is 12.0. The maximum Gasteiger partial charge on any atom is 0.263 e. The van der Waals surface area contributed by atoms with Crippen LogP contribution in [0.25, 0.3) is 0 Å². The highest BCUT2D eigenvalue weighted by atomic mass is 16.5. The van der Waals surface area contributed by atoms with Gasteiger partial charge < -0.3 is 9.47 Å². The summed E-state index contributed by atoms with van der Waals surface area (Å²) in [5.41, 5.74) is 1.55. The van der Waals surface area contributed by atoms with E-state index >= 15 is 0 Å². The van der Waals surface area contributed by atoms with Gasteiger partial charge >= 0.3 is 0 Å². The summed E-state index contributed by atoms with van der Waals surface area (Å²) in [6.07, 6.45) is 5.20. The molecule has 0 radical (unpaired) electrons. The average molecular weight is 385 g/mol. The first-order valence-corrected chi connectivity index (χ1v) is 9.99. The standard InChI is InChI=1S/C21H27N3O4/c1-27-17-5-4-16(12-18(17)28-13-15-2-3-15)20(14-22)8-10-24(11-9-20)21(6-7-21)19(25)23-26/h4-5,12,15,26H,2-3,6-11,13H2,1H3,(H,23,25). The normalized spacial score (nSPS) is 22.8. The molecule has 3 fully saturated rings. The molecule has 2 N–H and O–H groups in total. The van der Waals surface area contributed by atoms with E-state index in [1.54, 1.807) is 12.6 Å². The maximum atomic E-state index is 12.0. The molecule has 0 unspecified atom stereocenters. The highest BCUT2D eigenvalue weighted by Crippen LogP contribution is 2.47. The fourth-order valence-corrected chi connectivity index (χ4v) is 4.27. The smallest absolute Gasteiger partial charge is 0.263 e. The van der Waals surface area contributed by atoms with E-state index in [0.29, 0.717) is 50.0 Å². The summed E-state index contributed by atoms with van der Waals surface area (Å²) in [7, 11) is 1.62. The summed E-state index contributed by atoms with van der Waals surface area (Å²) < 4.78 is 11.4. The fraction of sp³-hybridized carbons (Fsp3) is 0.619. The van der Waals surface area contributed by atoms with Gasteiger partial charge in [0.05, 0.1) is 25.2 Å². The van der Waals surface area contributed by atoms with Crippen LogP contribution in [0, 0.1) is 17.2 Å². The van der Waals surface area contributed by atoms with Crippen LogP contribution >= 0.6 is 0 Å². The molecule has 1 saturated heterocycles. The van der Waals surface area contributed by atoms with Crippen LogP contribution in [0.3, 0.4) is 0 Å². The zero-order valence-electron chi connectivity index (χ0n) is 16.2. The number of rotatable bonds is 7. The summed E-state index contributed by atoms with van der Waals surface area (Å²) in [6, 6.07) is 8.32. The quantitative estimate of drug-likeness (QED) is 0.553. The Kier molecular flexibility index (Phi) is 4.94. The first-order valence-electron chi connectivity index (χ1n) is 9.99. The molecule has 150 valence electrons. The molecule has 4 rings (SSSR count). The Morgan fingerprint density at radius 2 is 2.00 bits per heavy atom. The highest BCUT2D eigenvalue weighted by molar-refractivity contribution is 5.88. The van der Waals surface area contributed by atoms with Gasteiger partial charge in [0.2, 0.25) is 0 Å². The summed E-state index contributed by atoms with van der Waals surface area (Å²) in [5.74, 6) is 1.68. The molecule has 3 aliphatic rings. The van der Waals surface area contributed by atoms with E-state index in [9.17, 15) is 10.1 Å². The predicted molar refractivity (Wildman–Crippen MR) is 101 cm³/mol. The molecule has 0 atom stereocenters. The first-order chi connectivity index (χ1) is 13.6. The van der Waals surface area contributed by atoms with Crippen molar-refractivity contribution in [2.45, 2.75) is 49.5 Å². The number of nitrogens with zero attached hydrogens (tertiary/aromatic N) is 2. The number of ether oxygens (including phenoxy) is 2. The largest absolute Gasteiger partial charge is 0.493 e. The summed E-state index contributed by atoms with van der Waals surface area (Å²) in [6.45, 7) is 1.97. The molecule has 2 aliphatic carbocycles. The minimum Gasteiger partial charge on any atom is -0.493 e. The monoisotopic (exact) mass is 385 g/mol. The van der Waals surface area contributed by atoms with Crippen molar-refractivity contribution in [2.24, 2.45) is 5.92 Å². The minimum atomic E-state index is -0.605. The Morgan fingerprint density at radius 1 is 1.29 bits per heavy atom. The second kappa shape index (κ2) is 7.26. The van der Waals surface area contributed by atoms with Crippen molar-refractivity contribution >= 4 is 5.91 Å². The van der Waals surface area contributed by atoms with E-state index in [1.807, 2.05) is 18.2 Å². The summed E-state index contributed by atoms with van der Waals surface area (Å²) in [5, 5.41) is 19.1. The summed E-state index contributed by atoms with van der Waals surface area (Å²) >= 11 is 0. The van der Waals surface area contributed by atoms with Gasteiger partial charge in [0.25, 0.3) is 5.91 Å². The van der Waals surface area contributed by atoms with E-state index < -0.39 is 11.0 Å². The number of likely N-dealkylation sites (tertiary alicyclic amines) is 1. The molecule has 7 heteroatoms. The second-order valence-electron chi connectivity index (χ2n) is 8.27. The topological polar surface area (TPSA) is 94.8 Å². The number of piperidine rings is 1. The van der Waals surface area contributed by atoms with Crippen LogP contribution in [0.1, 0.15) is 44.1 Å². The van der Waals surface area contributed by atoms with E-state index in [0.717, 1.165) is 18.4 Å². The molecule has 0 aromatic heterocycles. The third-order valence-electron chi connectivity index (χ3n) is 6.57. The number of benzene rings is 1. The van der Waals surface area contributed by atoms with Gasteiger partial charge in [0.15, 0.2) is 11.5 Å². The Bertz CT molecular complexity index is 787. The lowest BCUT2D eigenvalue weighted by atomic mass is 9.73. The van der Waals surface area contributed by atoms with Crippen LogP contribution in [0.15, 0.2) is 18.2 Å². The lowest BCUT2D eigenvalue weighted by molar-refractivity contribution is -0.137. The highest BCUT2D eigenvalue weighted by Gasteiger charge is 2.56. The molecule has 0 bridgehead atoms. The van der Waals surface area contributed by atoms with E-state index in [1.165, 1.54) is 12.8 Å². The Balaban J connectivity index is 1.51. The SMILES string of the molecule is COc1ccc(C2(C#N)CCN(C3(C(=O)NO)CC3)CC2)cc1OCC1CC1. The predicted octanol–water partition coefficient (Wildman–Crippen LogP) is 2.38. The molecule has 2 saturated carbocycles. The first kappa shape index (κ1) is 19.0. The number of amides is 1. The third-order valence-corrected chi connectivity index (χ3v) is 6.57. The van der Waals surface area contributed by atoms with Gasteiger partial charge in [-0.15, -0.1) is 0 Å².